The maximum atomic E-state index is 12.1. The van der Waals surface area contributed by atoms with E-state index in [2.05, 4.69) is 31.9 Å². The standard InChI is InChI=1S/C14H11Br2NO3/c1-20-13-3-2-9(8-18)4-10(13)6-17-7-11(15)5-12(16)14(17)19/h2-5,7-8H,6H2,1H3. The van der Waals surface area contributed by atoms with Crippen molar-refractivity contribution in [1.82, 2.24) is 4.57 Å². The highest BCUT2D eigenvalue weighted by Gasteiger charge is 2.09. The molecule has 0 aliphatic heterocycles. The van der Waals surface area contributed by atoms with Crippen molar-refractivity contribution in [1.29, 1.82) is 0 Å². The minimum Gasteiger partial charge on any atom is -0.496 e. The second kappa shape index (κ2) is 6.37. The highest BCUT2D eigenvalue weighted by Crippen LogP contribution is 2.21. The lowest BCUT2D eigenvalue weighted by atomic mass is 10.1. The molecule has 0 radical (unpaired) electrons. The van der Waals surface area contributed by atoms with E-state index in [9.17, 15) is 9.59 Å². The summed E-state index contributed by atoms with van der Waals surface area (Å²) in [6, 6.07) is 6.80. The van der Waals surface area contributed by atoms with Crippen LogP contribution in [0.4, 0.5) is 0 Å². The largest absolute Gasteiger partial charge is 0.496 e. The first-order chi connectivity index (χ1) is 9.55. The summed E-state index contributed by atoms with van der Waals surface area (Å²) in [6.07, 6.45) is 2.46. The van der Waals surface area contributed by atoms with Gasteiger partial charge in [-0.1, -0.05) is 0 Å². The molecule has 0 saturated carbocycles. The maximum Gasteiger partial charge on any atom is 0.265 e. The molecule has 0 fully saturated rings. The molecule has 0 unspecified atom stereocenters. The Kier molecular flexibility index (Phi) is 4.77. The molecule has 0 spiro atoms. The molecule has 104 valence electrons. The number of benzene rings is 1. The molecule has 0 aliphatic rings. The van der Waals surface area contributed by atoms with Crippen molar-refractivity contribution >= 4 is 38.1 Å². The van der Waals surface area contributed by atoms with Gasteiger partial charge in [0, 0.05) is 21.8 Å². The number of carbonyl (C=O) groups is 1. The quantitative estimate of drug-likeness (QED) is 0.740. The summed E-state index contributed by atoms with van der Waals surface area (Å²) in [5.74, 6) is 0.638. The lowest BCUT2D eigenvalue weighted by Gasteiger charge is -2.11. The molecule has 0 atom stereocenters. The Bertz CT molecular complexity index is 710. The molecular weight excluding hydrogens is 390 g/mol. The Hall–Kier alpha value is -1.40. The summed E-state index contributed by atoms with van der Waals surface area (Å²) in [4.78, 5) is 22.9. The Morgan fingerprint density at radius 1 is 1.30 bits per heavy atom. The first-order valence-electron chi connectivity index (χ1n) is 5.72. The van der Waals surface area contributed by atoms with Crippen molar-refractivity contribution in [2.24, 2.45) is 0 Å². The Balaban J connectivity index is 2.49. The SMILES string of the molecule is COc1ccc(C=O)cc1Cn1cc(Br)cc(Br)c1=O. The third-order valence-corrected chi connectivity index (χ3v) is 3.79. The molecule has 0 amide bonds. The van der Waals surface area contributed by atoms with Crippen molar-refractivity contribution in [3.8, 4) is 5.75 Å². The molecule has 1 aromatic heterocycles. The van der Waals surface area contributed by atoms with Crippen LogP contribution in [0.3, 0.4) is 0 Å². The van der Waals surface area contributed by atoms with Crippen LogP contribution in [0.5, 0.6) is 5.75 Å². The number of hydrogen-bond acceptors (Lipinski definition) is 3. The van der Waals surface area contributed by atoms with Gasteiger partial charge in [0.25, 0.3) is 5.56 Å². The van der Waals surface area contributed by atoms with E-state index in [1.807, 2.05) is 0 Å². The van der Waals surface area contributed by atoms with Crippen LogP contribution >= 0.6 is 31.9 Å². The molecule has 1 aromatic carbocycles. The van der Waals surface area contributed by atoms with Gasteiger partial charge in [0.15, 0.2) is 0 Å². The van der Waals surface area contributed by atoms with Gasteiger partial charge in [0.1, 0.15) is 12.0 Å². The summed E-state index contributed by atoms with van der Waals surface area (Å²) in [7, 11) is 1.55. The van der Waals surface area contributed by atoms with E-state index >= 15 is 0 Å². The third kappa shape index (κ3) is 3.19. The van der Waals surface area contributed by atoms with Crippen molar-refractivity contribution in [2.45, 2.75) is 6.54 Å². The molecule has 0 saturated heterocycles. The zero-order valence-electron chi connectivity index (χ0n) is 10.6. The van der Waals surface area contributed by atoms with E-state index in [0.717, 1.165) is 16.3 Å². The van der Waals surface area contributed by atoms with Gasteiger partial charge in [-0.3, -0.25) is 9.59 Å². The van der Waals surface area contributed by atoms with Crippen LogP contribution in [-0.4, -0.2) is 18.0 Å². The second-order valence-electron chi connectivity index (χ2n) is 4.13. The average molecular weight is 401 g/mol. The number of rotatable bonds is 4. The number of pyridine rings is 1. The Morgan fingerprint density at radius 3 is 2.70 bits per heavy atom. The van der Waals surface area contributed by atoms with Gasteiger partial charge in [-0.25, -0.2) is 0 Å². The molecule has 0 bridgehead atoms. The Labute approximate surface area is 132 Å². The fourth-order valence-electron chi connectivity index (χ4n) is 1.86. The topological polar surface area (TPSA) is 48.3 Å². The molecule has 2 rings (SSSR count). The van der Waals surface area contributed by atoms with Gasteiger partial charge in [-0.05, 0) is 56.1 Å². The van der Waals surface area contributed by atoms with Crippen LogP contribution in [0.15, 0.2) is 44.2 Å². The predicted molar refractivity (Wildman–Crippen MR) is 83.6 cm³/mol. The van der Waals surface area contributed by atoms with E-state index in [1.54, 1.807) is 42.1 Å². The minimum atomic E-state index is -0.147. The first kappa shape index (κ1) is 15.0. The highest BCUT2D eigenvalue weighted by molar-refractivity contribution is 9.11. The van der Waals surface area contributed by atoms with Gasteiger partial charge >= 0.3 is 0 Å². The molecule has 1 heterocycles. The number of ether oxygens (including phenoxy) is 1. The normalized spacial score (nSPS) is 10.3. The zero-order valence-corrected chi connectivity index (χ0v) is 13.8. The van der Waals surface area contributed by atoms with E-state index in [-0.39, 0.29) is 5.56 Å². The smallest absolute Gasteiger partial charge is 0.265 e. The second-order valence-corrected chi connectivity index (χ2v) is 5.90. The van der Waals surface area contributed by atoms with Crippen molar-refractivity contribution in [3.63, 3.8) is 0 Å². The van der Waals surface area contributed by atoms with Crippen molar-refractivity contribution < 1.29 is 9.53 Å². The van der Waals surface area contributed by atoms with Crippen LogP contribution < -0.4 is 10.3 Å². The average Bonchev–Trinajstić information content (AvgIpc) is 2.44. The first-order valence-corrected chi connectivity index (χ1v) is 7.31. The summed E-state index contributed by atoms with van der Waals surface area (Å²) < 4.78 is 8.06. The predicted octanol–water partition coefficient (Wildman–Crippen LogP) is 3.24. The molecule has 4 nitrogen and oxygen atoms in total. The van der Waals surface area contributed by atoms with E-state index in [4.69, 9.17) is 4.74 Å². The van der Waals surface area contributed by atoms with Crippen molar-refractivity contribution in [3.05, 3.63) is 60.9 Å². The van der Waals surface area contributed by atoms with E-state index in [1.165, 1.54) is 0 Å². The number of aldehydes is 1. The fraction of sp³-hybridized carbons (Fsp3) is 0.143. The Morgan fingerprint density at radius 2 is 2.05 bits per heavy atom. The molecule has 0 aliphatic carbocycles. The summed E-state index contributed by atoms with van der Waals surface area (Å²) in [6.45, 7) is 0.321. The van der Waals surface area contributed by atoms with Gasteiger partial charge in [-0.15, -0.1) is 0 Å². The van der Waals surface area contributed by atoms with E-state index in [0.29, 0.717) is 22.3 Å². The van der Waals surface area contributed by atoms with Crippen LogP contribution in [0.1, 0.15) is 15.9 Å². The molecular formula is C14H11Br2NO3. The number of halogens is 2. The summed E-state index contributed by atoms with van der Waals surface area (Å²) in [5.41, 5.74) is 1.17. The molecule has 20 heavy (non-hydrogen) atoms. The number of hydrogen-bond donors (Lipinski definition) is 0. The third-order valence-electron chi connectivity index (χ3n) is 2.79. The molecule has 6 heteroatoms. The minimum absolute atomic E-state index is 0.147. The monoisotopic (exact) mass is 399 g/mol. The number of carbonyl (C=O) groups excluding carboxylic acids is 1. The van der Waals surface area contributed by atoms with Gasteiger partial charge in [-0.2, -0.15) is 0 Å². The van der Waals surface area contributed by atoms with Crippen LogP contribution in [0.2, 0.25) is 0 Å². The van der Waals surface area contributed by atoms with Crippen LogP contribution in [0.25, 0.3) is 0 Å². The summed E-state index contributed by atoms with van der Waals surface area (Å²) in [5, 5.41) is 0. The van der Waals surface area contributed by atoms with Crippen LogP contribution in [0, 0.1) is 0 Å². The molecule has 2 aromatic rings. The van der Waals surface area contributed by atoms with Gasteiger partial charge in [0.2, 0.25) is 0 Å². The lowest BCUT2D eigenvalue weighted by molar-refractivity contribution is 0.112. The number of methoxy groups -OCH3 is 1. The maximum absolute atomic E-state index is 12.1. The van der Waals surface area contributed by atoms with Gasteiger partial charge in [0.05, 0.1) is 18.1 Å². The number of nitrogens with zero attached hydrogens (tertiary/aromatic N) is 1. The fourth-order valence-corrected chi connectivity index (χ4v) is 3.12. The van der Waals surface area contributed by atoms with Crippen molar-refractivity contribution in [2.75, 3.05) is 7.11 Å². The van der Waals surface area contributed by atoms with Gasteiger partial charge < -0.3 is 9.30 Å². The highest BCUT2D eigenvalue weighted by atomic mass is 79.9. The van der Waals surface area contributed by atoms with E-state index < -0.39 is 0 Å². The summed E-state index contributed by atoms with van der Waals surface area (Å²) >= 11 is 6.57. The number of aromatic nitrogens is 1. The lowest BCUT2D eigenvalue weighted by Crippen LogP contribution is -2.21. The van der Waals surface area contributed by atoms with Crippen LogP contribution in [-0.2, 0) is 6.54 Å². The molecule has 0 N–H and O–H groups in total. The zero-order chi connectivity index (χ0) is 14.7.